The summed E-state index contributed by atoms with van der Waals surface area (Å²) >= 11 is 22.6. The summed E-state index contributed by atoms with van der Waals surface area (Å²) in [4.78, 5) is 28.7. The summed E-state index contributed by atoms with van der Waals surface area (Å²) < 4.78 is 6.56. The van der Waals surface area contributed by atoms with Crippen LogP contribution in [0.1, 0.15) is 31.4 Å². The summed E-state index contributed by atoms with van der Waals surface area (Å²) in [7, 11) is 0. The standard InChI is InChI=1S/C28H28BrCl3N2O3/c1-3-18(2)33-28(36)25(14-19-8-5-4-6-9-19)34(16-21-22(30)10-7-11-23(21)31)27(35)17-37-26-13-12-20(29)15-24(26)32/h4-13,15,18,25H,3,14,16-17H2,1-2H3,(H,33,36)/t18-,25+/m0/s1. The fraction of sp³-hybridized carbons (Fsp3) is 0.286. The minimum absolute atomic E-state index is 0.0280. The van der Waals surface area contributed by atoms with Gasteiger partial charge < -0.3 is 15.0 Å². The number of nitrogens with one attached hydrogen (secondary N) is 1. The zero-order valence-corrected chi connectivity index (χ0v) is 24.4. The Labute approximate surface area is 241 Å². The first-order valence-corrected chi connectivity index (χ1v) is 13.8. The molecule has 0 radical (unpaired) electrons. The number of hydrogen-bond donors (Lipinski definition) is 1. The molecule has 0 spiro atoms. The summed E-state index contributed by atoms with van der Waals surface area (Å²) in [5.74, 6) is -0.316. The van der Waals surface area contributed by atoms with Crippen molar-refractivity contribution < 1.29 is 14.3 Å². The third-order valence-corrected chi connectivity index (χ3v) is 7.40. The molecule has 0 fully saturated rings. The molecule has 0 saturated heterocycles. The molecule has 2 atom stereocenters. The molecule has 0 aliphatic carbocycles. The van der Waals surface area contributed by atoms with Crippen molar-refractivity contribution in [3.8, 4) is 5.75 Å². The van der Waals surface area contributed by atoms with E-state index in [9.17, 15) is 9.59 Å². The molecule has 5 nitrogen and oxygen atoms in total. The first-order valence-electron chi connectivity index (χ1n) is 11.8. The highest BCUT2D eigenvalue weighted by atomic mass is 79.9. The van der Waals surface area contributed by atoms with Gasteiger partial charge in [-0.1, -0.05) is 94.1 Å². The van der Waals surface area contributed by atoms with E-state index in [1.54, 1.807) is 36.4 Å². The second-order valence-corrected chi connectivity index (χ2v) is 10.7. The number of benzene rings is 3. The van der Waals surface area contributed by atoms with Gasteiger partial charge in [-0.25, -0.2) is 0 Å². The minimum atomic E-state index is -0.833. The molecule has 0 bridgehead atoms. The number of nitrogens with zero attached hydrogens (tertiary/aromatic N) is 1. The van der Waals surface area contributed by atoms with Crippen LogP contribution >= 0.6 is 50.7 Å². The third-order valence-electron chi connectivity index (χ3n) is 5.91. The Kier molecular flexibility index (Phi) is 11.1. The first-order chi connectivity index (χ1) is 17.7. The van der Waals surface area contributed by atoms with E-state index in [0.717, 1.165) is 16.5 Å². The third kappa shape index (κ3) is 8.37. The van der Waals surface area contributed by atoms with E-state index >= 15 is 0 Å². The van der Waals surface area contributed by atoms with Crippen LogP contribution in [-0.4, -0.2) is 35.4 Å². The molecule has 0 unspecified atom stereocenters. The smallest absolute Gasteiger partial charge is 0.261 e. The fourth-order valence-corrected chi connectivity index (χ4v) is 4.91. The van der Waals surface area contributed by atoms with Gasteiger partial charge in [0, 0.05) is 39.1 Å². The zero-order chi connectivity index (χ0) is 26.9. The maximum absolute atomic E-state index is 13.7. The van der Waals surface area contributed by atoms with Crippen LogP contribution in [-0.2, 0) is 22.6 Å². The summed E-state index contributed by atoms with van der Waals surface area (Å²) in [6.07, 6.45) is 1.05. The molecule has 0 saturated carbocycles. The van der Waals surface area contributed by atoms with Crippen molar-refractivity contribution >= 4 is 62.5 Å². The molecule has 1 N–H and O–H groups in total. The molecule has 3 aromatic rings. The molecule has 0 aliphatic heterocycles. The van der Waals surface area contributed by atoms with Gasteiger partial charge in [0.15, 0.2) is 6.61 Å². The summed E-state index contributed by atoms with van der Waals surface area (Å²) in [6.45, 7) is 3.61. The Bertz CT molecular complexity index is 1210. The summed E-state index contributed by atoms with van der Waals surface area (Å²) in [5, 5.41) is 4.19. The molecule has 3 rings (SSSR count). The normalized spacial score (nSPS) is 12.5. The number of carbonyl (C=O) groups excluding carboxylic acids is 2. The van der Waals surface area contributed by atoms with Gasteiger partial charge in [-0.2, -0.15) is 0 Å². The summed E-state index contributed by atoms with van der Waals surface area (Å²) in [6, 6.07) is 18.9. The number of rotatable bonds is 11. The number of ether oxygens (including phenoxy) is 1. The Balaban J connectivity index is 1.97. The largest absolute Gasteiger partial charge is 0.482 e. The van der Waals surface area contributed by atoms with Crippen LogP contribution in [0.3, 0.4) is 0 Å². The van der Waals surface area contributed by atoms with Crippen LogP contribution in [0.25, 0.3) is 0 Å². The van der Waals surface area contributed by atoms with Gasteiger partial charge in [0.2, 0.25) is 5.91 Å². The zero-order valence-electron chi connectivity index (χ0n) is 20.5. The van der Waals surface area contributed by atoms with E-state index < -0.39 is 11.9 Å². The van der Waals surface area contributed by atoms with Gasteiger partial charge in [-0.3, -0.25) is 9.59 Å². The van der Waals surface area contributed by atoms with E-state index in [0.29, 0.717) is 32.8 Å². The second kappa shape index (κ2) is 14.1. The van der Waals surface area contributed by atoms with Gasteiger partial charge >= 0.3 is 0 Å². The monoisotopic (exact) mass is 624 g/mol. The maximum atomic E-state index is 13.7. The Hall–Kier alpha value is -2.25. The Morgan fingerprint density at radius 2 is 1.65 bits per heavy atom. The van der Waals surface area contributed by atoms with Crippen molar-refractivity contribution in [3.05, 3.63) is 97.4 Å². The van der Waals surface area contributed by atoms with Crippen LogP contribution in [0.2, 0.25) is 15.1 Å². The molecule has 2 amide bonds. The lowest BCUT2D eigenvalue weighted by molar-refractivity contribution is -0.143. The molecule has 0 heterocycles. The van der Waals surface area contributed by atoms with Crippen LogP contribution < -0.4 is 10.1 Å². The van der Waals surface area contributed by atoms with Gasteiger partial charge in [0.1, 0.15) is 11.8 Å². The lowest BCUT2D eigenvalue weighted by atomic mass is 10.0. The van der Waals surface area contributed by atoms with Crippen molar-refractivity contribution in [1.29, 1.82) is 0 Å². The van der Waals surface area contributed by atoms with Crippen LogP contribution in [0, 0.1) is 0 Å². The van der Waals surface area contributed by atoms with Crippen molar-refractivity contribution in [2.45, 2.75) is 45.3 Å². The lowest BCUT2D eigenvalue weighted by Gasteiger charge is -2.32. The van der Waals surface area contributed by atoms with Gasteiger partial charge in [0.05, 0.1) is 5.02 Å². The van der Waals surface area contributed by atoms with E-state index in [2.05, 4.69) is 21.2 Å². The first kappa shape index (κ1) is 29.3. The van der Waals surface area contributed by atoms with Gasteiger partial charge in [0.25, 0.3) is 5.91 Å². The van der Waals surface area contributed by atoms with Crippen molar-refractivity contribution in [2.75, 3.05) is 6.61 Å². The van der Waals surface area contributed by atoms with Gasteiger partial charge in [-0.05, 0) is 49.2 Å². The lowest BCUT2D eigenvalue weighted by Crippen LogP contribution is -2.53. The maximum Gasteiger partial charge on any atom is 0.261 e. The van der Waals surface area contributed by atoms with Crippen molar-refractivity contribution in [1.82, 2.24) is 10.2 Å². The minimum Gasteiger partial charge on any atom is -0.482 e. The van der Waals surface area contributed by atoms with E-state index in [-0.39, 0.29) is 25.1 Å². The molecule has 37 heavy (non-hydrogen) atoms. The Morgan fingerprint density at radius 3 is 2.27 bits per heavy atom. The number of halogens is 4. The molecule has 3 aromatic carbocycles. The predicted octanol–water partition coefficient (Wildman–Crippen LogP) is 7.34. The second-order valence-electron chi connectivity index (χ2n) is 8.61. The molecular formula is C28H28BrCl3N2O3. The van der Waals surface area contributed by atoms with Crippen LogP contribution in [0.15, 0.2) is 71.2 Å². The molecule has 0 aromatic heterocycles. The van der Waals surface area contributed by atoms with E-state index in [1.807, 2.05) is 44.2 Å². The molecule has 9 heteroatoms. The van der Waals surface area contributed by atoms with E-state index in [1.165, 1.54) is 4.90 Å². The number of carbonyl (C=O) groups is 2. The molecular weight excluding hydrogens is 599 g/mol. The molecule has 0 aliphatic rings. The van der Waals surface area contributed by atoms with E-state index in [4.69, 9.17) is 39.5 Å². The topological polar surface area (TPSA) is 58.6 Å². The molecule has 196 valence electrons. The van der Waals surface area contributed by atoms with Crippen molar-refractivity contribution in [3.63, 3.8) is 0 Å². The number of amides is 2. The van der Waals surface area contributed by atoms with Crippen molar-refractivity contribution in [2.24, 2.45) is 0 Å². The highest BCUT2D eigenvalue weighted by Crippen LogP contribution is 2.29. The van der Waals surface area contributed by atoms with Gasteiger partial charge in [-0.15, -0.1) is 0 Å². The number of hydrogen-bond acceptors (Lipinski definition) is 3. The predicted molar refractivity (Wildman–Crippen MR) is 153 cm³/mol. The quantitative estimate of drug-likeness (QED) is 0.242. The van der Waals surface area contributed by atoms with Crippen LogP contribution in [0.4, 0.5) is 0 Å². The average molecular weight is 627 g/mol. The highest BCUT2D eigenvalue weighted by molar-refractivity contribution is 9.10. The fourth-order valence-electron chi connectivity index (χ4n) is 3.66. The average Bonchev–Trinajstić information content (AvgIpc) is 2.87. The van der Waals surface area contributed by atoms with Crippen LogP contribution in [0.5, 0.6) is 5.75 Å². The SMILES string of the molecule is CC[C@H](C)NC(=O)[C@@H](Cc1ccccc1)N(Cc1c(Cl)cccc1Cl)C(=O)COc1ccc(Br)cc1Cl. The summed E-state index contributed by atoms with van der Waals surface area (Å²) in [5.41, 5.74) is 1.46. The highest BCUT2D eigenvalue weighted by Gasteiger charge is 2.32. The Morgan fingerprint density at radius 1 is 0.973 bits per heavy atom.